The molecule has 0 saturated heterocycles. The Hall–Kier alpha value is -1.97. The van der Waals surface area contributed by atoms with Gasteiger partial charge >= 0.3 is 0 Å². The summed E-state index contributed by atoms with van der Waals surface area (Å²) in [6, 6.07) is 7.91. The molecule has 25 heavy (non-hydrogen) atoms. The summed E-state index contributed by atoms with van der Waals surface area (Å²) in [6.07, 6.45) is 4.33. The van der Waals surface area contributed by atoms with Crippen molar-refractivity contribution in [2.24, 2.45) is 11.3 Å². The highest BCUT2D eigenvalue weighted by Crippen LogP contribution is 2.35. The molecule has 1 aromatic carbocycles. The second-order valence-corrected chi connectivity index (χ2v) is 8.91. The molecule has 1 amide bonds. The van der Waals surface area contributed by atoms with Crippen molar-refractivity contribution in [3.63, 3.8) is 0 Å². The Morgan fingerprint density at radius 3 is 2.44 bits per heavy atom. The molecule has 0 fully saturated rings. The maximum Gasteiger partial charge on any atom is 0.276 e. The van der Waals surface area contributed by atoms with Gasteiger partial charge in [-0.2, -0.15) is 0 Å². The third-order valence-electron chi connectivity index (χ3n) is 4.46. The SMILES string of the molecule is C[C@H]1CC(NNC(=O)COc2ccc(C(C)(C)C)cc2)=CC(C)(C)C1. The molecule has 0 spiro atoms. The van der Waals surface area contributed by atoms with Crippen molar-refractivity contribution in [2.75, 3.05) is 6.61 Å². The topological polar surface area (TPSA) is 50.4 Å². The fourth-order valence-corrected chi connectivity index (χ4v) is 3.41. The average molecular weight is 344 g/mol. The summed E-state index contributed by atoms with van der Waals surface area (Å²) < 4.78 is 5.57. The number of rotatable bonds is 5. The first-order valence-corrected chi connectivity index (χ1v) is 9.05. The molecule has 1 aromatic rings. The fourth-order valence-electron chi connectivity index (χ4n) is 3.41. The summed E-state index contributed by atoms with van der Waals surface area (Å²) in [7, 11) is 0. The molecular weight excluding hydrogens is 312 g/mol. The van der Waals surface area contributed by atoms with E-state index in [9.17, 15) is 4.79 Å². The monoisotopic (exact) mass is 344 g/mol. The molecule has 0 unspecified atom stereocenters. The fraction of sp³-hybridized carbons (Fsp3) is 0.571. The molecule has 138 valence electrons. The van der Waals surface area contributed by atoms with E-state index < -0.39 is 0 Å². The molecule has 0 aliphatic heterocycles. The van der Waals surface area contributed by atoms with E-state index >= 15 is 0 Å². The van der Waals surface area contributed by atoms with Gasteiger partial charge in [-0.1, -0.05) is 59.8 Å². The van der Waals surface area contributed by atoms with Crippen LogP contribution in [0, 0.1) is 11.3 Å². The molecule has 0 radical (unpaired) electrons. The lowest BCUT2D eigenvalue weighted by Crippen LogP contribution is -2.41. The highest BCUT2D eigenvalue weighted by Gasteiger charge is 2.25. The number of amides is 1. The van der Waals surface area contributed by atoms with Crippen molar-refractivity contribution < 1.29 is 9.53 Å². The van der Waals surface area contributed by atoms with Crippen molar-refractivity contribution in [1.82, 2.24) is 10.9 Å². The van der Waals surface area contributed by atoms with E-state index in [0.717, 1.165) is 12.1 Å². The Kier molecular flexibility index (Phi) is 5.81. The number of hydrazine groups is 1. The Morgan fingerprint density at radius 2 is 1.88 bits per heavy atom. The number of hydrogen-bond acceptors (Lipinski definition) is 3. The molecular formula is C21H32N2O2. The maximum absolute atomic E-state index is 12.0. The summed E-state index contributed by atoms with van der Waals surface area (Å²) in [5.74, 6) is 1.13. The minimum absolute atomic E-state index is 0.00586. The van der Waals surface area contributed by atoms with Crippen molar-refractivity contribution in [1.29, 1.82) is 0 Å². The van der Waals surface area contributed by atoms with Gasteiger partial charge in [-0.25, -0.2) is 0 Å². The maximum atomic E-state index is 12.0. The Bertz CT molecular complexity index is 624. The van der Waals surface area contributed by atoms with Gasteiger partial charge in [0.05, 0.1) is 0 Å². The zero-order valence-corrected chi connectivity index (χ0v) is 16.4. The van der Waals surface area contributed by atoms with Crippen LogP contribution in [0.25, 0.3) is 0 Å². The van der Waals surface area contributed by atoms with Gasteiger partial charge in [-0.3, -0.25) is 10.2 Å². The molecule has 1 aliphatic carbocycles. The summed E-state index contributed by atoms with van der Waals surface area (Å²) >= 11 is 0. The van der Waals surface area contributed by atoms with Crippen LogP contribution in [0.1, 0.15) is 59.9 Å². The molecule has 4 nitrogen and oxygen atoms in total. The Balaban J connectivity index is 1.80. The highest BCUT2D eigenvalue weighted by molar-refractivity contribution is 5.77. The van der Waals surface area contributed by atoms with Gasteiger partial charge in [0.2, 0.25) is 0 Å². The molecule has 0 heterocycles. The largest absolute Gasteiger partial charge is 0.484 e. The first-order valence-electron chi connectivity index (χ1n) is 9.05. The minimum atomic E-state index is -0.183. The van der Waals surface area contributed by atoms with Gasteiger partial charge in [0.1, 0.15) is 5.75 Å². The molecule has 0 saturated carbocycles. The van der Waals surface area contributed by atoms with Crippen LogP contribution in [0.2, 0.25) is 0 Å². The van der Waals surface area contributed by atoms with Crippen LogP contribution in [0.5, 0.6) is 5.75 Å². The molecule has 1 atom stereocenters. The molecule has 2 N–H and O–H groups in total. The third kappa shape index (κ3) is 6.11. The van der Waals surface area contributed by atoms with Crippen molar-refractivity contribution in [3.05, 3.63) is 41.6 Å². The first-order chi connectivity index (χ1) is 11.5. The normalized spacial score (nSPS) is 19.8. The van der Waals surface area contributed by atoms with Crippen LogP contribution in [0.15, 0.2) is 36.0 Å². The molecule has 0 aromatic heterocycles. The number of carbonyl (C=O) groups is 1. The van der Waals surface area contributed by atoms with E-state index in [-0.39, 0.29) is 23.3 Å². The van der Waals surface area contributed by atoms with Crippen LogP contribution in [0.3, 0.4) is 0 Å². The second-order valence-electron chi connectivity index (χ2n) is 8.91. The predicted octanol–water partition coefficient (Wildman–Crippen LogP) is 4.32. The van der Waals surface area contributed by atoms with E-state index in [2.05, 4.69) is 58.5 Å². The van der Waals surface area contributed by atoms with Gasteiger partial charge in [-0.15, -0.1) is 0 Å². The van der Waals surface area contributed by atoms with Crippen LogP contribution in [-0.2, 0) is 10.2 Å². The summed E-state index contributed by atoms with van der Waals surface area (Å²) in [6.45, 7) is 13.2. The van der Waals surface area contributed by atoms with Crippen LogP contribution < -0.4 is 15.6 Å². The number of hydrogen-bond donors (Lipinski definition) is 2. The van der Waals surface area contributed by atoms with E-state index in [1.54, 1.807) is 0 Å². The zero-order valence-electron chi connectivity index (χ0n) is 16.4. The second kappa shape index (κ2) is 7.51. The van der Waals surface area contributed by atoms with Gasteiger partial charge in [0, 0.05) is 5.70 Å². The number of carbonyl (C=O) groups excluding carboxylic acids is 1. The Labute approximate surface area is 152 Å². The summed E-state index contributed by atoms with van der Waals surface area (Å²) in [4.78, 5) is 12.0. The van der Waals surface area contributed by atoms with E-state index in [1.807, 2.05) is 24.3 Å². The van der Waals surface area contributed by atoms with Gasteiger partial charge in [0.25, 0.3) is 5.91 Å². The summed E-state index contributed by atoms with van der Waals surface area (Å²) in [5, 5.41) is 0. The molecule has 0 bridgehead atoms. The predicted molar refractivity (Wildman–Crippen MR) is 102 cm³/mol. The van der Waals surface area contributed by atoms with Crippen LogP contribution in [0.4, 0.5) is 0 Å². The van der Waals surface area contributed by atoms with Crippen molar-refractivity contribution in [3.8, 4) is 5.75 Å². The molecule has 1 aliphatic rings. The van der Waals surface area contributed by atoms with Crippen LogP contribution >= 0.6 is 0 Å². The quantitative estimate of drug-likeness (QED) is 0.782. The van der Waals surface area contributed by atoms with E-state index in [1.165, 1.54) is 12.0 Å². The number of nitrogens with one attached hydrogen (secondary N) is 2. The minimum Gasteiger partial charge on any atom is -0.484 e. The number of ether oxygens (including phenoxy) is 1. The van der Waals surface area contributed by atoms with Gasteiger partial charge in [0.15, 0.2) is 6.61 Å². The zero-order chi connectivity index (χ0) is 18.7. The lowest BCUT2D eigenvalue weighted by molar-refractivity contribution is -0.123. The van der Waals surface area contributed by atoms with E-state index in [4.69, 9.17) is 4.74 Å². The van der Waals surface area contributed by atoms with E-state index in [0.29, 0.717) is 11.7 Å². The van der Waals surface area contributed by atoms with Crippen molar-refractivity contribution in [2.45, 2.75) is 59.8 Å². The smallest absolute Gasteiger partial charge is 0.276 e. The average Bonchev–Trinajstić information content (AvgIpc) is 2.48. The van der Waals surface area contributed by atoms with Gasteiger partial charge < -0.3 is 10.2 Å². The molecule has 2 rings (SSSR count). The van der Waals surface area contributed by atoms with Crippen LogP contribution in [-0.4, -0.2) is 12.5 Å². The van der Waals surface area contributed by atoms with Crippen molar-refractivity contribution >= 4 is 5.91 Å². The third-order valence-corrected chi connectivity index (χ3v) is 4.46. The Morgan fingerprint density at radius 1 is 1.24 bits per heavy atom. The summed E-state index contributed by atoms with van der Waals surface area (Å²) in [5.41, 5.74) is 8.38. The first kappa shape index (κ1) is 19.4. The number of allylic oxidation sites excluding steroid dienone is 2. The standard InChI is InChI=1S/C21H32N2O2/c1-15-11-17(13-21(5,6)12-15)22-23-19(24)14-25-18-9-7-16(8-10-18)20(2,3)4/h7-10,13,15,22H,11-12,14H2,1-6H3,(H,23,24)/t15-/m0/s1. The highest BCUT2D eigenvalue weighted by atomic mass is 16.5. The molecule has 4 heteroatoms. The number of benzene rings is 1. The van der Waals surface area contributed by atoms with Gasteiger partial charge in [-0.05, 0) is 47.3 Å². The lowest BCUT2D eigenvalue weighted by Gasteiger charge is -2.32. The lowest BCUT2D eigenvalue weighted by atomic mass is 9.76.